The van der Waals surface area contributed by atoms with Gasteiger partial charge in [-0.05, 0) is 32.1 Å². The van der Waals surface area contributed by atoms with Crippen LogP contribution >= 0.6 is 0 Å². The average Bonchev–Trinajstić information content (AvgIpc) is 1.91. The van der Waals surface area contributed by atoms with Gasteiger partial charge in [-0.15, -0.1) is 0 Å². The molecule has 39 valence electrons. The summed E-state index contributed by atoms with van der Waals surface area (Å²) in [5, 5.41) is 0. The molecule has 1 aliphatic carbocycles. The summed E-state index contributed by atoms with van der Waals surface area (Å²) in [5.74, 6) is 0.569. The lowest BCUT2D eigenvalue weighted by Gasteiger charge is -1.97. The molecule has 1 fully saturated rings. The second kappa shape index (κ2) is 1.69. The number of hydrogen-bond donors (Lipinski definition) is 0. The fourth-order valence-electron chi connectivity index (χ4n) is 0.984. The average molecular weight is 95.2 g/mol. The topological polar surface area (TPSA) is 0 Å². The summed E-state index contributed by atoms with van der Waals surface area (Å²) in [4.78, 5) is 0. The molecule has 0 saturated heterocycles. The van der Waals surface area contributed by atoms with E-state index in [1.54, 1.807) is 0 Å². The van der Waals surface area contributed by atoms with Crippen molar-refractivity contribution in [3.63, 3.8) is 0 Å². The Morgan fingerprint density at radius 1 is 1.57 bits per heavy atom. The second-order valence-corrected chi connectivity index (χ2v) is 2.25. The van der Waals surface area contributed by atoms with Gasteiger partial charge in [0, 0.05) is 0 Å². The highest BCUT2D eigenvalue weighted by atomic mass is 14.2. The lowest BCUT2D eigenvalue weighted by molar-refractivity contribution is 0.763. The van der Waals surface area contributed by atoms with E-state index in [9.17, 15) is 0 Å². The van der Waals surface area contributed by atoms with Crippen LogP contribution in [0.3, 0.4) is 0 Å². The first kappa shape index (κ1) is 4.89. The van der Waals surface area contributed by atoms with Gasteiger partial charge >= 0.3 is 0 Å². The molecule has 7 heavy (non-hydrogen) atoms. The molecular weight excluding hydrogens is 84.1 g/mol. The van der Waals surface area contributed by atoms with Gasteiger partial charge in [-0.3, -0.25) is 0 Å². The molecule has 0 aromatic rings. The highest BCUT2D eigenvalue weighted by molar-refractivity contribution is 5.06. The maximum absolute atomic E-state index is 3.92. The van der Waals surface area contributed by atoms with Crippen molar-refractivity contribution in [3.8, 4) is 0 Å². The molecule has 0 spiro atoms. The zero-order chi connectivity index (χ0) is 5.28. The van der Waals surface area contributed by atoms with Crippen molar-refractivity contribution in [2.45, 2.75) is 19.3 Å². The summed E-state index contributed by atoms with van der Waals surface area (Å²) in [7, 11) is 0. The summed E-state index contributed by atoms with van der Waals surface area (Å²) in [6.07, 6.45) is 3.79. The Morgan fingerprint density at radius 3 is 2.43 bits per heavy atom. The van der Waals surface area contributed by atoms with E-state index in [2.05, 4.69) is 13.5 Å². The molecule has 0 bridgehead atoms. The Balaban J connectivity index is 2.48. The zero-order valence-electron chi connectivity index (χ0n) is 4.61. The zero-order valence-corrected chi connectivity index (χ0v) is 4.61. The maximum atomic E-state index is 3.92. The molecule has 0 heterocycles. The summed E-state index contributed by atoms with van der Waals surface area (Å²) in [5.41, 5.74) is 1.35. The molecule has 1 unspecified atom stereocenters. The first-order valence-corrected chi connectivity index (χ1v) is 2.81. The van der Waals surface area contributed by atoms with Crippen LogP contribution in [0.1, 0.15) is 19.3 Å². The van der Waals surface area contributed by atoms with Gasteiger partial charge in [0.25, 0.3) is 0 Å². The van der Waals surface area contributed by atoms with E-state index in [0.717, 1.165) is 0 Å². The normalized spacial score (nSPS) is 31.6. The molecule has 1 rings (SSSR count). The van der Waals surface area contributed by atoms with Crippen molar-refractivity contribution < 1.29 is 0 Å². The quantitative estimate of drug-likeness (QED) is 0.404. The molecule has 0 nitrogen and oxygen atoms in total. The lowest BCUT2D eigenvalue weighted by atomic mass is 10.1. The fraction of sp³-hybridized carbons (Fsp3) is 0.571. The van der Waals surface area contributed by atoms with Gasteiger partial charge in [0.1, 0.15) is 0 Å². The van der Waals surface area contributed by atoms with E-state index >= 15 is 0 Å². The minimum atomic E-state index is 0.569. The van der Waals surface area contributed by atoms with E-state index in [-0.39, 0.29) is 0 Å². The van der Waals surface area contributed by atoms with Crippen LogP contribution in [0.15, 0.2) is 12.2 Å². The molecular formula is C7H11. The van der Waals surface area contributed by atoms with Crippen molar-refractivity contribution in [2.24, 2.45) is 5.92 Å². The second-order valence-electron chi connectivity index (χ2n) is 2.25. The monoisotopic (exact) mass is 95.1 g/mol. The number of rotatable bonds is 0. The number of allylic oxidation sites excluding steroid dienone is 1. The van der Waals surface area contributed by atoms with E-state index in [0.29, 0.717) is 5.92 Å². The highest BCUT2D eigenvalue weighted by Gasteiger charge is 2.12. The largest absolute Gasteiger partial charge is 0.0996 e. The molecule has 1 radical (unpaired) electrons. The van der Waals surface area contributed by atoms with Crippen LogP contribution < -0.4 is 0 Å². The third kappa shape index (κ3) is 0.846. The molecule has 1 saturated carbocycles. The maximum Gasteiger partial charge on any atom is -0.0206 e. The summed E-state index contributed by atoms with van der Waals surface area (Å²) in [6, 6.07) is 0. The van der Waals surface area contributed by atoms with Crippen molar-refractivity contribution in [1.82, 2.24) is 0 Å². The summed E-state index contributed by atoms with van der Waals surface area (Å²) >= 11 is 0. The van der Waals surface area contributed by atoms with Crippen molar-refractivity contribution in [2.75, 3.05) is 0 Å². The van der Waals surface area contributed by atoms with E-state index < -0.39 is 0 Å². The van der Waals surface area contributed by atoms with Crippen LogP contribution in [0.4, 0.5) is 0 Å². The molecule has 1 atom stereocenters. The minimum absolute atomic E-state index is 0.569. The van der Waals surface area contributed by atoms with Gasteiger partial charge in [-0.1, -0.05) is 12.2 Å². The van der Waals surface area contributed by atoms with Gasteiger partial charge in [0.15, 0.2) is 0 Å². The molecule has 0 aliphatic heterocycles. The summed E-state index contributed by atoms with van der Waals surface area (Å²) in [6.45, 7) is 7.79. The smallest absolute Gasteiger partial charge is 0.0206 e. The number of hydrogen-bond acceptors (Lipinski definition) is 0. The standard InChI is InChI=1S/C7H11/c1-6-4-3-5-7(6)2/h6H,1-5H2. The van der Waals surface area contributed by atoms with Gasteiger partial charge < -0.3 is 0 Å². The van der Waals surface area contributed by atoms with Crippen LogP contribution in [0, 0.1) is 12.8 Å². The minimum Gasteiger partial charge on any atom is -0.0996 e. The van der Waals surface area contributed by atoms with Crippen LogP contribution in [0.2, 0.25) is 0 Å². The van der Waals surface area contributed by atoms with Crippen molar-refractivity contribution >= 4 is 0 Å². The molecule has 0 N–H and O–H groups in total. The van der Waals surface area contributed by atoms with Crippen LogP contribution in [0.25, 0.3) is 0 Å². The first-order valence-electron chi connectivity index (χ1n) is 2.81. The van der Waals surface area contributed by atoms with Crippen LogP contribution in [0.5, 0.6) is 0 Å². The van der Waals surface area contributed by atoms with E-state index in [1.807, 2.05) is 0 Å². The molecule has 0 aromatic carbocycles. The predicted octanol–water partition coefficient (Wildman–Crippen LogP) is 2.18. The van der Waals surface area contributed by atoms with Gasteiger partial charge in [0.05, 0.1) is 0 Å². The van der Waals surface area contributed by atoms with Crippen LogP contribution in [-0.4, -0.2) is 0 Å². The van der Waals surface area contributed by atoms with Gasteiger partial charge in [-0.2, -0.15) is 0 Å². The van der Waals surface area contributed by atoms with E-state index in [1.165, 1.54) is 24.8 Å². The third-order valence-electron chi connectivity index (χ3n) is 1.63. The third-order valence-corrected chi connectivity index (χ3v) is 1.63. The van der Waals surface area contributed by atoms with Crippen LogP contribution in [-0.2, 0) is 0 Å². The molecule has 0 aromatic heterocycles. The first-order chi connectivity index (χ1) is 3.30. The Morgan fingerprint density at radius 2 is 2.29 bits per heavy atom. The molecule has 0 amide bonds. The highest BCUT2D eigenvalue weighted by Crippen LogP contribution is 2.27. The SMILES string of the molecule is [CH2]C1CCCC1=C. The molecule has 1 aliphatic rings. The van der Waals surface area contributed by atoms with Crippen molar-refractivity contribution in [3.05, 3.63) is 19.1 Å². The van der Waals surface area contributed by atoms with Gasteiger partial charge in [0.2, 0.25) is 0 Å². The van der Waals surface area contributed by atoms with Crippen molar-refractivity contribution in [1.29, 1.82) is 0 Å². The Hall–Kier alpha value is -0.260. The van der Waals surface area contributed by atoms with E-state index in [4.69, 9.17) is 0 Å². The summed E-state index contributed by atoms with van der Waals surface area (Å²) < 4.78 is 0. The molecule has 0 heteroatoms. The lowest BCUT2D eigenvalue weighted by Crippen LogP contribution is -1.84. The Bertz CT molecular complexity index is 82.0. The Kier molecular flexibility index (Phi) is 1.18. The fourth-order valence-corrected chi connectivity index (χ4v) is 0.984. The van der Waals surface area contributed by atoms with Gasteiger partial charge in [-0.25, -0.2) is 0 Å². The Labute approximate surface area is 45.2 Å². The predicted molar refractivity (Wildman–Crippen MR) is 31.8 cm³/mol.